The van der Waals surface area contributed by atoms with Crippen molar-refractivity contribution >= 4 is 35.0 Å². The maximum atomic E-state index is 12.9. The zero-order valence-corrected chi connectivity index (χ0v) is 20.1. The molecule has 0 aliphatic carbocycles. The van der Waals surface area contributed by atoms with E-state index in [1.54, 1.807) is 24.3 Å². The highest BCUT2D eigenvalue weighted by Crippen LogP contribution is 2.26. The lowest BCUT2D eigenvalue weighted by atomic mass is 10.0. The Bertz CT molecular complexity index is 1090. The number of nitrogens with zero attached hydrogens (tertiary/aromatic N) is 1. The van der Waals surface area contributed by atoms with E-state index in [9.17, 15) is 9.59 Å². The van der Waals surface area contributed by atoms with Gasteiger partial charge in [-0.2, -0.15) is 0 Å². The third-order valence-corrected chi connectivity index (χ3v) is 6.07. The van der Waals surface area contributed by atoms with E-state index in [0.29, 0.717) is 22.2 Å². The average molecular weight is 484 g/mol. The van der Waals surface area contributed by atoms with Gasteiger partial charge < -0.3 is 15.5 Å². The summed E-state index contributed by atoms with van der Waals surface area (Å²) in [5.74, 6) is -0.508. The van der Waals surface area contributed by atoms with Crippen LogP contribution in [-0.4, -0.2) is 37.4 Å². The molecule has 0 aliphatic heterocycles. The molecule has 0 spiro atoms. The zero-order chi connectivity index (χ0) is 23.8. The fourth-order valence-corrected chi connectivity index (χ4v) is 4.09. The Morgan fingerprint density at radius 2 is 1.45 bits per heavy atom. The molecule has 7 heteroatoms. The molecule has 2 N–H and O–H groups in total. The Morgan fingerprint density at radius 3 is 2.09 bits per heavy atom. The number of benzene rings is 3. The van der Waals surface area contributed by atoms with Crippen LogP contribution in [-0.2, 0) is 4.79 Å². The van der Waals surface area contributed by atoms with Crippen molar-refractivity contribution in [3.63, 3.8) is 0 Å². The normalized spacial score (nSPS) is 12.8. The lowest BCUT2D eigenvalue weighted by molar-refractivity contribution is -0.121. The minimum atomic E-state index is -0.506. The minimum Gasteiger partial charge on any atom is -0.354 e. The quantitative estimate of drug-likeness (QED) is 0.435. The van der Waals surface area contributed by atoms with Crippen LogP contribution in [0.25, 0.3) is 0 Å². The molecule has 172 valence electrons. The van der Waals surface area contributed by atoms with E-state index in [4.69, 9.17) is 23.2 Å². The molecule has 2 atom stereocenters. The van der Waals surface area contributed by atoms with Crippen LogP contribution in [0.2, 0.25) is 10.0 Å². The second-order valence-electron chi connectivity index (χ2n) is 7.93. The zero-order valence-electron chi connectivity index (χ0n) is 18.6. The highest BCUT2D eigenvalue weighted by molar-refractivity contribution is 6.33. The minimum absolute atomic E-state index is 0.0862. The number of carbonyl (C=O) groups is 2. The number of amides is 2. The number of carbonyl (C=O) groups excluding carboxylic acids is 2. The average Bonchev–Trinajstić information content (AvgIpc) is 2.80. The Kier molecular flexibility index (Phi) is 8.89. The SMILES string of the molecule is CN(C)[C@@H](CNC(=O)C[C@@H](NC(=O)c1ccccc1Cl)c1ccccc1)c1ccccc1Cl. The van der Waals surface area contributed by atoms with E-state index in [2.05, 4.69) is 10.6 Å². The number of rotatable bonds is 9. The van der Waals surface area contributed by atoms with Gasteiger partial charge in [0.15, 0.2) is 0 Å². The molecule has 0 unspecified atom stereocenters. The fraction of sp³-hybridized carbons (Fsp3) is 0.231. The summed E-state index contributed by atoms with van der Waals surface area (Å²) in [6.07, 6.45) is 0.0862. The lowest BCUT2D eigenvalue weighted by Crippen LogP contribution is -2.37. The van der Waals surface area contributed by atoms with Crippen LogP contribution in [0.15, 0.2) is 78.9 Å². The van der Waals surface area contributed by atoms with Crippen LogP contribution in [0.1, 0.15) is 40.0 Å². The summed E-state index contributed by atoms with van der Waals surface area (Å²) < 4.78 is 0. The highest BCUT2D eigenvalue weighted by Gasteiger charge is 2.22. The molecule has 33 heavy (non-hydrogen) atoms. The predicted octanol–water partition coefficient (Wildman–Crippen LogP) is 5.27. The molecule has 0 heterocycles. The summed E-state index contributed by atoms with van der Waals surface area (Å²) in [7, 11) is 3.88. The molecule has 0 fully saturated rings. The third-order valence-electron chi connectivity index (χ3n) is 5.40. The number of likely N-dealkylation sites (N-methyl/N-ethyl adjacent to an activating group) is 1. The summed E-state index contributed by atoms with van der Waals surface area (Å²) in [6.45, 7) is 0.384. The third kappa shape index (κ3) is 6.81. The lowest BCUT2D eigenvalue weighted by Gasteiger charge is -2.26. The summed E-state index contributed by atoms with van der Waals surface area (Å²) in [5.41, 5.74) is 2.14. The summed E-state index contributed by atoms with van der Waals surface area (Å²) >= 11 is 12.6. The van der Waals surface area contributed by atoms with Gasteiger partial charge in [-0.05, 0) is 43.4 Å². The predicted molar refractivity (Wildman–Crippen MR) is 134 cm³/mol. The van der Waals surface area contributed by atoms with E-state index in [1.807, 2.05) is 73.6 Å². The first-order valence-corrected chi connectivity index (χ1v) is 11.4. The topological polar surface area (TPSA) is 61.4 Å². The van der Waals surface area contributed by atoms with Crippen LogP contribution in [0.5, 0.6) is 0 Å². The van der Waals surface area contributed by atoms with Gasteiger partial charge >= 0.3 is 0 Å². The van der Waals surface area contributed by atoms with Crippen LogP contribution in [0.3, 0.4) is 0 Å². The van der Waals surface area contributed by atoms with Crippen molar-refractivity contribution in [3.8, 4) is 0 Å². The smallest absolute Gasteiger partial charge is 0.253 e. The van der Waals surface area contributed by atoms with Crippen LogP contribution in [0.4, 0.5) is 0 Å². The first kappa shape index (κ1) is 24.8. The first-order valence-electron chi connectivity index (χ1n) is 10.6. The Balaban J connectivity index is 1.72. The first-order chi connectivity index (χ1) is 15.9. The highest BCUT2D eigenvalue weighted by atomic mass is 35.5. The van der Waals surface area contributed by atoms with Gasteiger partial charge in [0, 0.05) is 11.6 Å². The second-order valence-corrected chi connectivity index (χ2v) is 8.74. The van der Waals surface area contributed by atoms with Gasteiger partial charge in [-0.15, -0.1) is 0 Å². The van der Waals surface area contributed by atoms with Gasteiger partial charge in [-0.3, -0.25) is 9.59 Å². The Hall–Kier alpha value is -2.86. The molecular formula is C26H27Cl2N3O2. The number of hydrogen-bond acceptors (Lipinski definition) is 3. The molecule has 3 aromatic carbocycles. The van der Waals surface area contributed by atoms with Gasteiger partial charge in [0.05, 0.1) is 29.1 Å². The van der Waals surface area contributed by atoms with Crippen molar-refractivity contribution in [1.82, 2.24) is 15.5 Å². The molecule has 5 nitrogen and oxygen atoms in total. The maximum Gasteiger partial charge on any atom is 0.253 e. The van der Waals surface area contributed by atoms with Crippen molar-refractivity contribution in [1.29, 1.82) is 0 Å². The van der Waals surface area contributed by atoms with Gasteiger partial charge in [0.2, 0.25) is 5.91 Å². The van der Waals surface area contributed by atoms with Crippen molar-refractivity contribution < 1.29 is 9.59 Å². The monoisotopic (exact) mass is 483 g/mol. The standard InChI is InChI=1S/C26H27Cl2N3O2/c1-31(2)24(19-12-6-8-14-21(19)27)17-29-25(32)16-23(18-10-4-3-5-11-18)30-26(33)20-13-7-9-15-22(20)28/h3-15,23-24H,16-17H2,1-2H3,(H,29,32)(H,30,33)/t23-,24+/m1/s1. The number of halogens is 2. The van der Waals surface area contributed by atoms with Gasteiger partial charge in [0.25, 0.3) is 5.91 Å². The van der Waals surface area contributed by atoms with E-state index in [1.165, 1.54) is 0 Å². The van der Waals surface area contributed by atoms with Gasteiger partial charge in [0.1, 0.15) is 0 Å². The summed E-state index contributed by atoms with van der Waals surface area (Å²) in [4.78, 5) is 27.8. The van der Waals surface area contributed by atoms with Crippen molar-refractivity contribution in [2.45, 2.75) is 18.5 Å². The molecule has 3 rings (SSSR count). The van der Waals surface area contributed by atoms with Crippen LogP contribution < -0.4 is 10.6 Å². The largest absolute Gasteiger partial charge is 0.354 e. The maximum absolute atomic E-state index is 12.9. The van der Waals surface area contributed by atoms with Crippen molar-refractivity contribution in [3.05, 3.63) is 106 Å². The van der Waals surface area contributed by atoms with Crippen molar-refractivity contribution in [2.24, 2.45) is 0 Å². The van der Waals surface area contributed by atoms with E-state index in [0.717, 1.165) is 11.1 Å². The molecule has 0 aromatic heterocycles. The summed E-state index contributed by atoms with van der Waals surface area (Å²) in [6, 6.07) is 23.3. The molecule has 3 aromatic rings. The molecule has 0 saturated carbocycles. The van der Waals surface area contributed by atoms with Crippen LogP contribution in [0, 0.1) is 0 Å². The summed E-state index contributed by atoms with van der Waals surface area (Å²) in [5, 5.41) is 6.97. The molecule has 2 amide bonds. The number of nitrogens with one attached hydrogen (secondary N) is 2. The number of hydrogen-bond donors (Lipinski definition) is 2. The van der Waals surface area contributed by atoms with E-state index >= 15 is 0 Å². The Morgan fingerprint density at radius 1 is 0.848 bits per heavy atom. The van der Waals surface area contributed by atoms with Gasteiger partial charge in [-0.25, -0.2) is 0 Å². The molecule has 0 saturated heterocycles. The van der Waals surface area contributed by atoms with Gasteiger partial charge in [-0.1, -0.05) is 83.9 Å². The van der Waals surface area contributed by atoms with Crippen LogP contribution >= 0.6 is 23.2 Å². The second kappa shape index (κ2) is 11.8. The Labute approximate surface area is 204 Å². The molecule has 0 aliphatic rings. The fourth-order valence-electron chi connectivity index (χ4n) is 3.60. The molecule has 0 bridgehead atoms. The molecular weight excluding hydrogens is 457 g/mol. The van der Waals surface area contributed by atoms with E-state index in [-0.39, 0.29) is 24.3 Å². The van der Waals surface area contributed by atoms with E-state index < -0.39 is 6.04 Å². The van der Waals surface area contributed by atoms with Crippen molar-refractivity contribution in [2.75, 3.05) is 20.6 Å². The molecule has 0 radical (unpaired) electrons.